The summed E-state index contributed by atoms with van der Waals surface area (Å²) in [7, 11) is 1.83. The Bertz CT molecular complexity index is 906. The number of amides is 1. The molecular formula is C24H28N2O4. The maximum absolute atomic E-state index is 12.7. The van der Waals surface area contributed by atoms with Crippen LogP contribution in [0.15, 0.2) is 48.5 Å². The van der Waals surface area contributed by atoms with Crippen molar-refractivity contribution in [2.75, 3.05) is 51.5 Å². The molecule has 4 rings (SSSR count). The van der Waals surface area contributed by atoms with E-state index >= 15 is 0 Å². The smallest absolute Gasteiger partial charge is 0.246 e. The van der Waals surface area contributed by atoms with Crippen LogP contribution in [-0.4, -0.2) is 57.4 Å². The number of anilines is 1. The molecule has 0 aromatic heterocycles. The topological polar surface area (TPSA) is 51.2 Å². The van der Waals surface area contributed by atoms with Gasteiger partial charge >= 0.3 is 0 Å². The summed E-state index contributed by atoms with van der Waals surface area (Å²) in [6, 6.07) is 14.0. The fraction of sp³-hybridized carbons (Fsp3) is 0.375. The van der Waals surface area contributed by atoms with Gasteiger partial charge in [0.25, 0.3) is 0 Å². The second-order valence-corrected chi connectivity index (χ2v) is 7.51. The van der Waals surface area contributed by atoms with Gasteiger partial charge < -0.3 is 24.0 Å². The van der Waals surface area contributed by atoms with Crippen molar-refractivity contribution in [3.8, 4) is 11.5 Å². The number of nitrogens with zero attached hydrogens (tertiary/aromatic N) is 2. The van der Waals surface area contributed by atoms with E-state index < -0.39 is 0 Å². The molecule has 1 fully saturated rings. The third-order valence-electron chi connectivity index (χ3n) is 5.32. The Hall–Kier alpha value is -2.99. The van der Waals surface area contributed by atoms with Crippen molar-refractivity contribution in [2.24, 2.45) is 0 Å². The van der Waals surface area contributed by atoms with Crippen LogP contribution < -0.4 is 14.4 Å². The fourth-order valence-corrected chi connectivity index (χ4v) is 3.67. The Morgan fingerprint density at radius 2 is 1.80 bits per heavy atom. The van der Waals surface area contributed by atoms with Gasteiger partial charge in [-0.2, -0.15) is 0 Å². The summed E-state index contributed by atoms with van der Waals surface area (Å²) < 4.78 is 16.8. The number of ether oxygens (including phenoxy) is 3. The average Bonchev–Trinajstić information content (AvgIpc) is 3.03. The van der Waals surface area contributed by atoms with Crippen LogP contribution in [0.2, 0.25) is 0 Å². The fourth-order valence-electron chi connectivity index (χ4n) is 3.67. The number of carbonyl (C=O) groups is 1. The van der Waals surface area contributed by atoms with Crippen LogP contribution in [0.3, 0.4) is 0 Å². The summed E-state index contributed by atoms with van der Waals surface area (Å²) in [5, 5.41) is 0. The zero-order valence-electron chi connectivity index (χ0n) is 17.4. The number of carbonyl (C=O) groups excluding carboxylic acids is 1. The van der Waals surface area contributed by atoms with E-state index in [9.17, 15) is 4.79 Å². The summed E-state index contributed by atoms with van der Waals surface area (Å²) >= 11 is 0. The maximum atomic E-state index is 12.7. The average molecular weight is 408 g/mol. The number of rotatable bonds is 5. The minimum absolute atomic E-state index is 0.0427. The summed E-state index contributed by atoms with van der Waals surface area (Å²) in [4.78, 5) is 16.8. The molecule has 0 unspecified atom stereocenters. The second-order valence-electron chi connectivity index (χ2n) is 7.51. The predicted molar refractivity (Wildman–Crippen MR) is 117 cm³/mol. The highest BCUT2D eigenvalue weighted by atomic mass is 16.5. The van der Waals surface area contributed by atoms with Crippen molar-refractivity contribution >= 4 is 17.7 Å². The monoisotopic (exact) mass is 408 g/mol. The molecule has 0 aliphatic carbocycles. The molecule has 6 nitrogen and oxygen atoms in total. The van der Waals surface area contributed by atoms with E-state index in [0.717, 1.165) is 55.4 Å². The molecule has 2 aliphatic rings. The first-order valence-electron chi connectivity index (χ1n) is 10.4. The van der Waals surface area contributed by atoms with Crippen molar-refractivity contribution in [3.63, 3.8) is 0 Å². The number of likely N-dealkylation sites (N-methyl/N-ethyl adjacent to an activating group) is 1. The van der Waals surface area contributed by atoms with Crippen molar-refractivity contribution in [1.82, 2.24) is 4.90 Å². The Balaban J connectivity index is 1.41. The van der Waals surface area contributed by atoms with Gasteiger partial charge in [-0.15, -0.1) is 0 Å². The lowest BCUT2D eigenvalue weighted by Crippen LogP contribution is -2.37. The summed E-state index contributed by atoms with van der Waals surface area (Å²) in [6.45, 7) is 5.08. The highest BCUT2D eigenvalue weighted by Crippen LogP contribution is 2.30. The van der Waals surface area contributed by atoms with Gasteiger partial charge in [0.05, 0.1) is 26.4 Å². The molecule has 0 atom stereocenters. The normalized spacial score (nSPS) is 16.4. The molecule has 2 heterocycles. The van der Waals surface area contributed by atoms with Crippen molar-refractivity contribution in [1.29, 1.82) is 0 Å². The van der Waals surface area contributed by atoms with Gasteiger partial charge in [-0.25, -0.2) is 0 Å². The van der Waals surface area contributed by atoms with E-state index in [1.165, 1.54) is 5.69 Å². The number of fused-ring (bicyclic) bond motifs is 1. The second kappa shape index (κ2) is 9.67. The van der Waals surface area contributed by atoms with Crippen LogP contribution in [0.25, 0.3) is 6.08 Å². The van der Waals surface area contributed by atoms with Gasteiger partial charge in [-0.1, -0.05) is 24.3 Å². The molecule has 0 spiro atoms. The van der Waals surface area contributed by atoms with E-state index in [4.69, 9.17) is 14.2 Å². The number of hydrogen-bond acceptors (Lipinski definition) is 5. The first kappa shape index (κ1) is 20.3. The molecule has 1 saturated heterocycles. The first-order chi connectivity index (χ1) is 14.7. The number of hydrogen-bond donors (Lipinski definition) is 0. The number of benzene rings is 2. The van der Waals surface area contributed by atoms with Crippen LogP contribution in [-0.2, 0) is 16.1 Å². The van der Waals surface area contributed by atoms with Crippen LogP contribution in [0.4, 0.5) is 5.69 Å². The summed E-state index contributed by atoms with van der Waals surface area (Å²) in [5.74, 6) is 1.45. The first-order valence-corrected chi connectivity index (χ1v) is 10.4. The number of morpholine rings is 1. The third kappa shape index (κ3) is 4.94. The highest BCUT2D eigenvalue weighted by Gasteiger charge is 2.16. The SMILES string of the molecule is CN(Cc1ccccc1N1CCOCC1)C(=O)/C=C/c1ccc2c(c1)OCCCO2. The van der Waals surface area contributed by atoms with E-state index in [1.807, 2.05) is 43.5 Å². The standard InChI is InChI=1S/C24H28N2O4/c1-25(18-20-5-2-3-6-21(20)26-11-15-28-16-12-26)24(27)10-8-19-7-9-22-23(17-19)30-14-4-13-29-22/h2-3,5-10,17H,4,11-16,18H2,1H3/b10-8+. The molecule has 2 aromatic carbocycles. The van der Waals surface area contributed by atoms with Crippen LogP contribution in [0.1, 0.15) is 17.5 Å². The maximum Gasteiger partial charge on any atom is 0.246 e. The molecule has 1 amide bonds. The van der Waals surface area contributed by atoms with Crippen molar-refractivity contribution < 1.29 is 19.0 Å². The molecule has 6 heteroatoms. The van der Waals surface area contributed by atoms with Gasteiger partial charge in [0.1, 0.15) is 0 Å². The van der Waals surface area contributed by atoms with Crippen molar-refractivity contribution in [3.05, 3.63) is 59.7 Å². The van der Waals surface area contributed by atoms with Gasteiger partial charge in [-0.05, 0) is 35.4 Å². The molecule has 158 valence electrons. The van der Waals surface area contributed by atoms with Crippen molar-refractivity contribution in [2.45, 2.75) is 13.0 Å². The number of para-hydroxylation sites is 1. The van der Waals surface area contributed by atoms with Crippen LogP contribution in [0, 0.1) is 0 Å². The highest BCUT2D eigenvalue weighted by molar-refractivity contribution is 5.91. The van der Waals surface area contributed by atoms with E-state index in [1.54, 1.807) is 11.0 Å². The van der Waals surface area contributed by atoms with Gasteiger partial charge in [0, 0.05) is 44.9 Å². The lowest BCUT2D eigenvalue weighted by atomic mass is 10.1. The summed E-state index contributed by atoms with van der Waals surface area (Å²) in [5.41, 5.74) is 3.22. The largest absolute Gasteiger partial charge is 0.490 e. The molecule has 2 aliphatic heterocycles. The Morgan fingerprint density at radius 3 is 2.63 bits per heavy atom. The zero-order chi connectivity index (χ0) is 20.8. The molecule has 30 heavy (non-hydrogen) atoms. The molecular weight excluding hydrogens is 380 g/mol. The molecule has 0 bridgehead atoms. The van der Waals surface area contributed by atoms with E-state index in [2.05, 4.69) is 17.0 Å². The lowest BCUT2D eigenvalue weighted by molar-refractivity contribution is -0.125. The minimum atomic E-state index is -0.0427. The Morgan fingerprint density at radius 1 is 1.03 bits per heavy atom. The zero-order valence-corrected chi connectivity index (χ0v) is 17.4. The van der Waals surface area contributed by atoms with Gasteiger partial charge in [0.15, 0.2) is 11.5 Å². The van der Waals surface area contributed by atoms with E-state index in [0.29, 0.717) is 19.8 Å². The van der Waals surface area contributed by atoms with Crippen LogP contribution in [0.5, 0.6) is 11.5 Å². The predicted octanol–water partition coefficient (Wildman–Crippen LogP) is 3.36. The third-order valence-corrected chi connectivity index (χ3v) is 5.32. The molecule has 0 N–H and O–H groups in total. The van der Waals surface area contributed by atoms with Gasteiger partial charge in [0.2, 0.25) is 5.91 Å². The molecule has 2 aromatic rings. The minimum Gasteiger partial charge on any atom is -0.490 e. The quantitative estimate of drug-likeness (QED) is 0.710. The summed E-state index contributed by atoms with van der Waals surface area (Å²) in [6.07, 6.45) is 4.30. The Kier molecular flexibility index (Phi) is 6.54. The lowest BCUT2D eigenvalue weighted by Gasteiger charge is -2.31. The van der Waals surface area contributed by atoms with Gasteiger partial charge in [-0.3, -0.25) is 4.79 Å². The Labute approximate surface area is 177 Å². The molecule has 0 radical (unpaired) electrons. The molecule has 0 saturated carbocycles. The van der Waals surface area contributed by atoms with Crippen LogP contribution >= 0.6 is 0 Å². The van der Waals surface area contributed by atoms with E-state index in [-0.39, 0.29) is 5.91 Å².